The number of anilines is 1. The van der Waals surface area contributed by atoms with Crippen LogP contribution in [0.1, 0.15) is 37.3 Å². The second kappa shape index (κ2) is 7.29. The fraction of sp³-hybridized carbons (Fsp3) is 0.529. The van der Waals surface area contributed by atoms with Gasteiger partial charge in [0.1, 0.15) is 0 Å². The Morgan fingerprint density at radius 1 is 1.36 bits per heavy atom. The third kappa shape index (κ3) is 4.23. The van der Waals surface area contributed by atoms with Crippen LogP contribution >= 0.6 is 0 Å². The average Bonchev–Trinajstić information content (AvgIpc) is 3.27. The maximum absolute atomic E-state index is 12.5. The van der Waals surface area contributed by atoms with Gasteiger partial charge in [-0.25, -0.2) is 4.79 Å². The molecule has 0 spiro atoms. The standard InChI is InChI=1S/C17H26N4O/c1-4-21(15-12(2)6-5-7-13(15)3)17(22)20-16(18)19-11-10-14-8-9-14/h5-7,14H,4,8-11H2,1-3H3,(H3,18,19,20,22). The van der Waals surface area contributed by atoms with Crippen LogP contribution in [0.25, 0.3) is 0 Å². The first kappa shape index (κ1) is 16.3. The van der Waals surface area contributed by atoms with Crippen LogP contribution in [0.2, 0.25) is 0 Å². The number of hydrogen-bond acceptors (Lipinski definition) is 2. The predicted octanol–water partition coefficient (Wildman–Crippen LogP) is 2.95. The molecule has 1 aliphatic rings. The molecule has 22 heavy (non-hydrogen) atoms. The number of nitrogens with zero attached hydrogens (tertiary/aromatic N) is 2. The summed E-state index contributed by atoms with van der Waals surface area (Å²) in [6.07, 6.45) is 3.67. The lowest BCUT2D eigenvalue weighted by Gasteiger charge is -2.25. The van der Waals surface area contributed by atoms with E-state index >= 15 is 0 Å². The van der Waals surface area contributed by atoms with Crippen LogP contribution in [0.5, 0.6) is 0 Å². The molecule has 1 aliphatic carbocycles. The Kier molecular flexibility index (Phi) is 5.41. The van der Waals surface area contributed by atoms with E-state index in [9.17, 15) is 4.79 Å². The number of rotatable bonds is 5. The Morgan fingerprint density at radius 3 is 2.55 bits per heavy atom. The number of para-hydroxylation sites is 1. The summed E-state index contributed by atoms with van der Waals surface area (Å²) < 4.78 is 0. The zero-order valence-electron chi connectivity index (χ0n) is 13.7. The Bertz CT molecular complexity index is 544. The number of nitrogens with one attached hydrogen (secondary N) is 1. The van der Waals surface area contributed by atoms with Crippen molar-refractivity contribution in [2.24, 2.45) is 16.6 Å². The number of amides is 2. The quantitative estimate of drug-likeness (QED) is 0.648. The van der Waals surface area contributed by atoms with E-state index in [1.165, 1.54) is 12.8 Å². The molecule has 3 N–H and O–H groups in total. The first-order chi connectivity index (χ1) is 10.5. The van der Waals surface area contributed by atoms with Crippen molar-refractivity contribution in [1.29, 1.82) is 0 Å². The number of benzene rings is 1. The number of urea groups is 1. The lowest BCUT2D eigenvalue weighted by Crippen LogP contribution is -2.46. The highest BCUT2D eigenvalue weighted by atomic mass is 16.2. The van der Waals surface area contributed by atoms with Gasteiger partial charge in [-0.2, -0.15) is 0 Å². The number of carbonyl (C=O) groups excluding carboxylic acids is 1. The summed E-state index contributed by atoms with van der Waals surface area (Å²) in [4.78, 5) is 18.4. The van der Waals surface area contributed by atoms with Crippen molar-refractivity contribution < 1.29 is 4.79 Å². The summed E-state index contributed by atoms with van der Waals surface area (Å²) in [7, 11) is 0. The normalized spacial score (nSPS) is 14.8. The van der Waals surface area contributed by atoms with Gasteiger partial charge in [-0.3, -0.25) is 15.2 Å². The number of hydrogen-bond donors (Lipinski definition) is 2. The maximum atomic E-state index is 12.5. The molecular weight excluding hydrogens is 276 g/mol. The zero-order valence-corrected chi connectivity index (χ0v) is 13.7. The molecule has 5 nitrogen and oxygen atoms in total. The van der Waals surface area contributed by atoms with Crippen molar-refractivity contribution in [1.82, 2.24) is 5.32 Å². The Balaban J connectivity index is 2.01. The van der Waals surface area contributed by atoms with Gasteiger partial charge < -0.3 is 5.73 Å². The minimum Gasteiger partial charge on any atom is -0.370 e. The molecule has 0 saturated heterocycles. The van der Waals surface area contributed by atoms with Crippen molar-refractivity contribution in [2.45, 2.75) is 40.0 Å². The van der Waals surface area contributed by atoms with E-state index in [0.717, 1.165) is 29.2 Å². The van der Waals surface area contributed by atoms with Crippen molar-refractivity contribution in [2.75, 3.05) is 18.0 Å². The summed E-state index contributed by atoms with van der Waals surface area (Å²) in [6, 6.07) is 5.78. The smallest absolute Gasteiger partial charge is 0.328 e. The van der Waals surface area contributed by atoms with Crippen LogP contribution in [0.15, 0.2) is 23.2 Å². The monoisotopic (exact) mass is 302 g/mol. The summed E-state index contributed by atoms with van der Waals surface area (Å²) >= 11 is 0. The van der Waals surface area contributed by atoms with Gasteiger partial charge in [-0.15, -0.1) is 0 Å². The molecule has 0 atom stereocenters. The fourth-order valence-corrected chi connectivity index (χ4v) is 2.63. The van der Waals surface area contributed by atoms with E-state index < -0.39 is 0 Å². The van der Waals surface area contributed by atoms with E-state index in [1.54, 1.807) is 4.90 Å². The molecular formula is C17H26N4O. The number of guanidine groups is 1. The van der Waals surface area contributed by atoms with Crippen LogP contribution < -0.4 is 16.0 Å². The Morgan fingerprint density at radius 2 is 2.00 bits per heavy atom. The SMILES string of the molecule is CCN(C(=O)NC(N)=NCCC1CC1)c1c(C)cccc1C. The van der Waals surface area contributed by atoms with Crippen LogP contribution in [0.4, 0.5) is 10.5 Å². The number of carbonyl (C=O) groups is 1. The lowest BCUT2D eigenvalue weighted by atomic mass is 10.1. The maximum Gasteiger partial charge on any atom is 0.328 e. The predicted molar refractivity (Wildman–Crippen MR) is 91.3 cm³/mol. The lowest BCUT2D eigenvalue weighted by molar-refractivity contribution is 0.250. The summed E-state index contributed by atoms with van der Waals surface area (Å²) in [6.45, 7) is 7.22. The molecule has 2 amide bonds. The molecule has 0 bridgehead atoms. The Hall–Kier alpha value is -2.04. The van der Waals surface area contributed by atoms with Gasteiger partial charge in [0.05, 0.1) is 5.69 Å². The van der Waals surface area contributed by atoms with Crippen molar-refractivity contribution in [3.8, 4) is 0 Å². The van der Waals surface area contributed by atoms with E-state index in [2.05, 4.69) is 10.3 Å². The summed E-state index contributed by atoms with van der Waals surface area (Å²) in [5, 5.41) is 2.69. The largest absolute Gasteiger partial charge is 0.370 e. The minimum atomic E-state index is -0.229. The molecule has 0 radical (unpaired) electrons. The summed E-state index contributed by atoms with van der Waals surface area (Å²) in [5.74, 6) is 1.02. The third-order valence-electron chi connectivity index (χ3n) is 4.02. The van der Waals surface area contributed by atoms with Gasteiger partial charge in [0.25, 0.3) is 0 Å². The van der Waals surface area contributed by atoms with Gasteiger partial charge in [0.15, 0.2) is 5.96 Å². The first-order valence-corrected chi connectivity index (χ1v) is 7.97. The second-order valence-corrected chi connectivity index (χ2v) is 5.91. The van der Waals surface area contributed by atoms with Crippen molar-refractivity contribution >= 4 is 17.7 Å². The first-order valence-electron chi connectivity index (χ1n) is 7.97. The van der Waals surface area contributed by atoms with Crippen LogP contribution in [0, 0.1) is 19.8 Å². The Labute approximate surface area is 132 Å². The van der Waals surface area contributed by atoms with E-state index in [0.29, 0.717) is 13.1 Å². The van der Waals surface area contributed by atoms with E-state index in [1.807, 2.05) is 39.0 Å². The highest BCUT2D eigenvalue weighted by Crippen LogP contribution is 2.32. The molecule has 120 valence electrons. The molecule has 0 aromatic heterocycles. The van der Waals surface area contributed by atoms with Crippen LogP contribution in [-0.4, -0.2) is 25.1 Å². The van der Waals surface area contributed by atoms with Gasteiger partial charge in [-0.05, 0) is 44.2 Å². The van der Waals surface area contributed by atoms with E-state index in [-0.39, 0.29) is 12.0 Å². The highest BCUT2D eigenvalue weighted by molar-refractivity contribution is 6.03. The van der Waals surface area contributed by atoms with Crippen molar-refractivity contribution in [3.05, 3.63) is 29.3 Å². The zero-order chi connectivity index (χ0) is 16.1. The number of aryl methyl sites for hydroxylation is 2. The molecule has 5 heteroatoms. The molecule has 1 aromatic carbocycles. The average molecular weight is 302 g/mol. The fourth-order valence-electron chi connectivity index (χ4n) is 2.63. The van der Waals surface area contributed by atoms with E-state index in [4.69, 9.17) is 5.73 Å². The molecule has 0 aliphatic heterocycles. The number of nitrogens with two attached hydrogens (primary N) is 1. The number of aliphatic imine (C=N–C) groups is 1. The van der Waals surface area contributed by atoms with Crippen LogP contribution in [0.3, 0.4) is 0 Å². The molecule has 1 fully saturated rings. The summed E-state index contributed by atoms with van der Waals surface area (Å²) in [5.41, 5.74) is 8.90. The van der Waals surface area contributed by atoms with Gasteiger partial charge >= 0.3 is 6.03 Å². The van der Waals surface area contributed by atoms with Gasteiger partial charge in [-0.1, -0.05) is 31.0 Å². The molecule has 0 unspecified atom stereocenters. The molecule has 1 saturated carbocycles. The highest BCUT2D eigenvalue weighted by Gasteiger charge is 2.21. The topological polar surface area (TPSA) is 70.7 Å². The van der Waals surface area contributed by atoms with Crippen molar-refractivity contribution in [3.63, 3.8) is 0 Å². The van der Waals surface area contributed by atoms with Crippen LogP contribution in [-0.2, 0) is 0 Å². The van der Waals surface area contributed by atoms with Gasteiger partial charge in [0, 0.05) is 13.1 Å². The third-order valence-corrected chi connectivity index (χ3v) is 4.02. The molecule has 2 rings (SSSR count). The molecule has 0 heterocycles. The minimum absolute atomic E-state index is 0.204. The van der Waals surface area contributed by atoms with Gasteiger partial charge in [0.2, 0.25) is 0 Å². The second-order valence-electron chi connectivity index (χ2n) is 5.91. The molecule has 1 aromatic rings.